The lowest BCUT2D eigenvalue weighted by Gasteiger charge is -1.71. The van der Waals surface area contributed by atoms with Crippen molar-refractivity contribution < 1.29 is 0 Å². The smallest absolute Gasteiger partial charge is 0.0216 e. The number of hydrazone groups is 1. The molecule has 10 heavy (non-hydrogen) atoms. The van der Waals surface area contributed by atoms with E-state index in [4.69, 9.17) is 0 Å². The minimum atomic E-state index is 1.32. The highest BCUT2D eigenvalue weighted by Gasteiger charge is 1.56. The van der Waals surface area contributed by atoms with Gasteiger partial charge in [0.1, 0.15) is 0 Å². The molecule has 2 heteroatoms. The molecule has 0 spiro atoms. The summed E-state index contributed by atoms with van der Waals surface area (Å²) in [6, 6.07) is 0. The third kappa shape index (κ3) is 145. The zero-order valence-electron chi connectivity index (χ0n) is 8.07. The van der Waals surface area contributed by atoms with Crippen molar-refractivity contribution in [2.75, 3.05) is 7.05 Å². The number of nitrogens with zero attached hydrogens (tertiary/aromatic N) is 1. The molecule has 0 fully saturated rings. The first kappa shape index (κ1) is 16.2. The van der Waals surface area contributed by atoms with Gasteiger partial charge in [-0.25, -0.2) is 0 Å². The fourth-order valence-electron chi connectivity index (χ4n) is 0. The number of rotatable bonds is 2. The van der Waals surface area contributed by atoms with E-state index in [1.165, 1.54) is 12.8 Å². The van der Waals surface area contributed by atoms with Gasteiger partial charge in [-0.05, 0) is 0 Å². The van der Waals surface area contributed by atoms with Crippen LogP contribution in [0.3, 0.4) is 0 Å². The molecule has 0 bridgehead atoms. The summed E-state index contributed by atoms with van der Waals surface area (Å²) in [5.41, 5.74) is 2.44. The Morgan fingerprint density at radius 1 is 1.20 bits per heavy atom. The van der Waals surface area contributed by atoms with Crippen molar-refractivity contribution in [2.45, 2.75) is 40.5 Å². The molecule has 0 aromatic rings. The number of nitrogens with one attached hydrogen (secondary N) is 1. The molecule has 0 rings (SSSR count). The van der Waals surface area contributed by atoms with Crippen molar-refractivity contribution >= 4 is 6.72 Å². The van der Waals surface area contributed by atoms with Gasteiger partial charge in [0.2, 0.25) is 0 Å². The number of hydrogen-bond donors (Lipinski definition) is 1. The van der Waals surface area contributed by atoms with Crippen LogP contribution < -0.4 is 5.43 Å². The summed E-state index contributed by atoms with van der Waals surface area (Å²) in [7, 11) is 1.70. The highest BCUT2D eigenvalue weighted by Crippen LogP contribution is 1.76. The Morgan fingerprint density at radius 3 is 1.40 bits per heavy atom. The third-order valence-corrected chi connectivity index (χ3v) is 0.658. The SMILES string of the molecule is C=NNC.CC.CCCC. The first-order valence-corrected chi connectivity index (χ1v) is 3.95. The molecule has 0 atom stereocenters. The van der Waals surface area contributed by atoms with Gasteiger partial charge in [-0.2, -0.15) is 5.10 Å². The van der Waals surface area contributed by atoms with Crippen molar-refractivity contribution in [3.8, 4) is 0 Å². The van der Waals surface area contributed by atoms with Crippen LogP contribution in [-0.2, 0) is 0 Å². The lowest BCUT2D eigenvalue weighted by atomic mass is 10.4. The molecule has 0 aliphatic heterocycles. The summed E-state index contributed by atoms with van der Waals surface area (Å²) in [6.07, 6.45) is 2.64. The second-order valence-electron chi connectivity index (χ2n) is 1.38. The Balaban J connectivity index is -0.0000000787. The molecule has 64 valence electrons. The van der Waals surface area contributed by atoms with Crippen molar-refractivity contribution in [1.82, 2.24) is 5.43 Å². The summed E-state index contributed by atoms with van der Waals surface area (Å²) >= 11 is 0. The van der Waals surface area contributed by atoms with Gasteiger partial charge in [0.15, 0.2) is 0 Å². The molecule has 0 saturated heterocycles. The molecule has 0 saturated carbocycles. The zero-order valence-corrected chi connectivity index (χ0v) is 8.07. The molecule has 0 aliphatic carbocycles. The van der Waals surface area contributed by atoms with E-state index in [0.29, 0.717) is 0 Å². The normalized spacial score (nSPS) is 5.70. The fraction of sp³-hybridized carbons (Fsp3) is 0.875. The fourth-order valence-corrected chi connectivity index (χ4v) is 0. The Labute approximate surface area is 65.7 Å². The molecular formula is C8H22N2. The molecule has 0 aromatic heterocycles. The van der Waals surface area contributed by atoms with Gasteiger partial charge in [-0.15, -0.1) is 0 Å². The molecule has 2 nitrogen and oxygen atoms in total. The maximum absolute atomic E-state index is 3.24. The zero-order chi connectivity index (χ0) is 8.83. The molecule has 0 heterocycles. The summed E-state index contributed by atoms with van der Waals surface area (Å²) < 4.78 is 0. The minimum absolute atomic E-state index is 1.32. The topological polar surface area (TPSA) is 24.4 Å². The minimum Gasteiger partial charge on any atom is -0.314 e. The van der Waals surface area contributed by atoms with Crippen LogP contribution in [0.1, 0.15) is 40.5 Å². The van der Waals surface area contributed by atoms with Crippen molar-refractivity contribution in [1.29, 1.82) is 0 Å². The Hall–Kier alpha value is -0.530. The van der Waals surface area contributed by atoms with Gasteiger partial charge in [0.05, 0.1) is 0 Å². The van der Waals surface area contributed by atoms with Crippen LogP contribution in [0, 0.1) is 0 Å². The predicted octanol–water partition coefficient (Wildman–Crippen LogP) is 2.65. The second kappa shape index (κ2) is 39.3. The standard InChI is InChI=1S/C4H10.C2H6N2.C2H6/c2*1-3-4-2;1-2/h3-4H2,1-2H3;4H,1H2,2H3;1-2H3. The highest BCUT2D eigenvalue weighted by molar-refractivity contribution is 5.22. The van der Waals surface area contributed by atoms with Gasteiger partial charge in [0.25, 0.3) is 0 Å². The van der Waals surface area contributed by atoms with E-state index in [-0.39, 0.29) is 0 Å². The Bertz CT molecular complexity index is 34.2. The molecule has 1 N–H and O–H groups in total. The highest BCUT2D eigenvalue weighted by atomic mass is 15.2. The van der Waals surface area contributed by atoms with Crippen molar-refractivity contribution in [2.24, 2.45) is 5.10 Å². The average Bonchev–Trinajstić information content (AvgIpc) is 2.08. The van der Waals surface area contributed by atoms with E-state index in [2.05, 4.69) is 31.1 Å². The number of unbranched alkanes of at least 4 members (excludes halogenated alkanes) is 1. The summed E-state index contributed by atoms with van der Waals surface area (Å²) in [5.74, 6) is 0. The third-order valence-electron chi connectivity index (χ3n) is 0.658. The Kier molecular flexibility index (Phi) is 63.7. The average molecular weight is 146 g/mol. The van der Waals surface area contributed by atoms with E-state index in [1.807, 2.05) is 13.8 Å². The maximum atomic E-state index is 3.24. The summed E-state index contributed by atoms with van der Waals surface area (Å²) in [5, 5.41) is 3.24. The van der Waals surface area contributed by atoms with Gasteiger partial charge in [-0.1, -0.05) is 40.5 Å². The van der Waals surface area contributed by atoms with Crippen LogP contribution in [0.25, 0.3) is 0 Å². The van der Waals surface area contributed by atoms with E-state index >= 15 is 0 Å². The van der Waals surface area contributed by atoms with Gasteiger partial charge in [-0.3, -0.25) is 0 Å². The second-order valence-corrected chi connectivity index (χ2v) is 1.38. The lowest BCUT2D eigenvalue weighted by molar-refractivity contribution is 0.886. The summed E-state index contributed by atoms with van der Waals surface area (Å²) in [4.78, 5) is 0. The molecule has 0 unspecified atom stereocenters. The van der Waals surface area contributed by atoms with Gasteiger partial charge >= 0.3 is 0 Å². The molecular weight excluding hydrogens is 124 g/mol. The summed E-state index contributed by atoms with van der Waals surface area (Å²) in [6.45, 7) is 11.5. The Morgan fingerprint density at radius 2 is 1.40 bits per heavy atom. The quantitative estimate of drug-likeness (QED) is 0.470. The van der Waals surface area contributed by atoms with Crippen molar-refractivity contribution in [3.63, 3.8) is 0 Å². The van der Waals surface area contributed by atoms with Crippen LogP contribution in [0.5, 0.6) is 0 Å². The van der Waals surface area contributed by atoms with Crippen LogP contribution in [-0.4, -0.2) is 13.8 Å². The predicted molar refractivity (Wildman–Crippen MR) is 50.5 cm³/mol. The molecule has 0 aliphatic rings. The van der Waals surface area contributed by atoms with E-state index in [1.54, 1.807) is 7.05 Å². The van der Waals surface area contributed by atoms with Crippen molar-refractivity contribution in [3.05, 3.63) is 0 Å². The maximum Gasteiger partial charge on any atom is 0.0216 e. The lowest BCUT2D eigenvalue weighted by Crippen LogP contribution is -1.88. The van der Waals surface area contributed by atoms with E-state index in [9.17, 15) is 0 Å². The van der Waals surface area contributed by atoms with E-state index in [0.717, 1.165) is 0 Å². The number of hydrogen-bond acceptors (Lipinski definition) is 2. The monoisotopic (exact) mass is 146 g/mol. The first-order chi connectivity index (χ1) is 4.83. The molecule has 0 aromatic carbocycles. The van der Waals surface area contributed by atoms with Crippen LogP contribution in [0.15, 0.2) is 5.10 Å². The van der Waals surface area contributed by atoms with E-state index < -0.39 is 0 Å². The largest absolute Gasteiger partial charge is 0.314 e. The van der Waals surface area contributed by atoms with Crippen LogP contribution >= 0.6 is 0 Å². The first-order valence-electron chi connectivity index (χ1n) is 3.95. The van der Waals surface area contributed by atoms with Crippen LogP contribution in [0.2, 0.25) is 0 Å². The van der Waals surface area contributed by atoms with Gasteiger partial charge in [0, 0.05) is 13.8 Å². The molecule has 0 radical (unpaired) electrons. The molecule has 0 amide bonds. The van der Waals surface area contributed by atoms with Crippen LogP contribution in [0.4, 0.5) is 0 Å². The van der Waals surface area contributed by atoms with Gasteiger partial charge < -0.3 is 5.43 Å².